The molecule has 0 spiro atoms. The summed E-state index contributed by atoms with van der Waals surface area (Å²) >= 11 is 6.01. The summed E-state index contributed by atoms with van der Waals surface area (Å²) in [5, 5.41) is 11.4. The van der Waals surface area contributed by atoms with E-state index in [4.69, 9.17) is 11.6 Å². The number of aromatic nitrogens is 5. The van der Waals surface area contributed by atoms with Crippen LogP contribution in [0.4, 0.5) is 0 Å². The maximum absolute atomic E-state index is 12.4. The maximum Gasteiger partial charge on any atom is 0.287 e. The van der Waals surface area contributed by atoms with Crippen LogP contribution in [-0.4, -0.2) is 36.9 Å². The Kier molecular flexibility index (Phi) is 4.42. The van der Waals surface area contributed by atoms with E-state index in [1.807, 2.05) is 12.1 Å². The SMILES string of the molecule is O=C(NC1CCCC1)c1nc2c(nnn2Cc2cccc(Cl)c2)c(=O)[nH]1. The predicted octanol–water partition coefficient (Wildman–Crippen LogP) is 1.89. The lowest BCUT2D eigenvalue weighted by atomic mass is 10.2. The van der Waals surface area contributed by atoms with Gasteiger partial charge in [0.05, 0.1) is 6.54 Å². The molecule has 1 aromatic carbocycles. The maximum atomic E-state index is 12.4. The van der Waals surface area contributed by atoms with E-state index in [1.165, 1.54) is 4.68 Å². The van der Waals surface area contributed by atoms with Crippen LogP contribution in [0.2, 0.25) is 5.02 Å². The van der Waals surface area contributed by atoms with Crippen molar-refractivity contribution in [2.24, 2.45) is 0 Å². The molecule has 0 unspecified atom stereocenters. The van der Waals surface area contributed by atoms with Crippen molar-refractivity contribution in [2.75, 3.05) is 0 Å². The summed E-state index contributed by atoms with van der Waals surface area (Å²) in [6.07, 6.45) is 4.10. The summed E-state index contributed by atoms with van der Waals surface area (Å²) < 4.78 is 1.49. The summed E-state index contributed by atoms with van der Waals surface area (Å²) in [5.41, 5.74) is 0.780. The van der Waals surface area contributed by atoms with E-state index < -0.39 is 5.56 Å². The fourth-order valence-corrected chi connectivity index (χ4v) is 3.43. The highest BCUT2D eigenvalue weighted by Gasteiger charge is 2.21. The minimum absolute atomic E-state index is 0.0240. The quantitative estimate of drug-likeness (QED) is 0.727. The summed E-state index contributed by atoms with van der Waals surface area (Å²) in [4.78, 5) is 31.5. The molecule has 1 saturated carbocycles. The molecule has 8 nitrogen and oxygen atoms in total. The Hall–Kier alpha value is -2.74. The van der Waals surface area contributed by atoms with Gasteiger partial charge in [-0.2, -0.15) is 0 Å². The lowest BCUT2D eigenvalue weighted by Gasteiger charge is -2.11. The van der Waals surface area contributed by atoms with Crippen LogP contribution in [0.5, 0.6) is 0 Å². The molecular weight excluding hydrogens is 356 g/mol. The Morgan fingerprint density at radius 2 is 2.15 bits per heavy atom. The van der Waals surface area contributed by atoms with Gasteiger partial charge in [0.2, 0.25) is 5.82 Å². The topological polar surface area (TPSA) is 106 Å². The van der Waals surface area contributed by atoms with Gasteiger partial charge in [-0.05, 0) is 30.5 Å². The number of aromatic amines is 1. The number of rotatable bonds is 4. The zero-order valence-electron chi connectivity index (χ0n) is 13.9. The van der Waals surface area contributed by atoms with Crippen molar-refractivity contribution in [1.82, 2.24) is 30.3 Å². The highest BCUT2D eigenvalue weighted by molar-refractivity contribution is 6.30. The van der Waals surface area contributed by atoms with Gasteiger partial charge in [-0.3, -0.25) is 9.59 Å². The number of benzene rings is 1. The zero-order valence-corrected chi connectivity index (χ0v) is 14.7. The highest BCUT2D eigenvalue weighted by atomic mass is 35.5. The van der Waals surface area contributed by atoms with Crippen molar-refractivity contribution >= 4 is 28.7 Å². The number of hydrogen-bond donors (Lipinski definition) is 2. The number of amides is 1. The molecule has 0 atom stereocenters. The summed E-state index contributed by atoms with van der Waals surface area (Å²) in [5.74, 6) is -0.407. The second-order valence-electron chi connectivity index (χ2n) is 6.42. The van der Waals surface area contributed by atoms with Crippen LogP contribution in [0.15, 0.2) is 29.1 Å². The van der Waals surface area contributed by atoms with E-state index >= 15 is 0 Å². The second-order valence-corrected chi connectivity index (χ2v) is 6.86. The summed E-state index contributed by atoms with van der Waals surface area (Å²) in [7, 11) is 0. The Morgan fingerprint density at radius 1 is 1.35 bits per heavy atom. The van der Waals surface area contributed by atoms with Gasteiger partial charge in [0, 0.05) is 11.1 Å². The van der Waals surface area contributed by atoms with E-state index in [0.717, 1.165) is 31.2 Å². The molecule has 1 aliphatic rings. The average molecular weight is 373 g/mol. The normalized spacial score (nSPS) is 14.8. The van der Waals surface area contributed by atoms with Gasteiger partial charge in [0.1, 0.15) is 0 Å². The monoisotopic (exact) mass is 372 g/mol. The molecule has 0 bridgehead atoms. The molecule has 134 valence electrons. The number of hydrogen-bond acceptors (Lipinski definition) is 5. The fourth-order valence-electron chi connectivity index (χ4n) is 3.21. The number of carbonyl (C=O) groups excluding carboxylic acids is 1. The van der Waals surface area contributed by atoms with Gasteiger partial charge in [-0.25, -0.2) is 9.67 Å². The molecule has 2 N–H and O–H groups in total. The van der Waals surface area contributed by atoms with Crippen LogP contribution < -0.4 is 10.9 Å². The number of fused-ring (bicyclic) bond motifs is 1. The standard InChI is InChI=1S/C17H17ClN6O2/c18-11-5-3-4-10(8-11)9-24-15-13(22-23-24)16(25)21-14(20-15)17(26)19-12-6-1-2-7-12/h3-5,8,12H,1-2,6-7,9H2,(H,19,26)(H,20,21,25). The van der Waals surface area contributed by atoms with E-state index in [2.05, 4.69) is 25.6 Å². The molecule has 3 aromatic rings. The number of nitrogens with zero attached hydrogens (tertiary/aromatic N) is 4. The molecule has 4 rings (SSSR count). The summed E-state index contributed by atoms with van der Waals surface area (Å²) in [6.45, 7) is 0.344. The third-order valence-electron chi connectivity index (χ3n) is 4.50. The molecule has 1 amide bonds. The van der Waals surface area contributed by atoms with Crippen molar-refractivity contribution < 1.29 is 4.79 Å². The van der Waals surface area contributed by atoms with E-state index in [1.54, 1.807) is 12.1 Å². The van der Waals surface area contributed by atoms with Crippen LogP contribution in [0, 0.1) is 0 Å². The van der Waals surface area contributed by atoms with Crippen molar-refractivity contribution in [3.05, 3.63) is 51.0 Å². The van der Waals surface area contributed by atoms with Crippen molar-refractivity contribution in [1.29, 1.82) is 0 Å². The first-order chi connectivity index (χ1) is 12.6. The Labute approximate surface area is 153 Å². The zero-order chi connectivity index (χ0) is 18.1. The molecule has 2 aromatic heterocycles. The van der Waals surface area contributed by atoms with Crippen LogP contribution in [0.3, 0.4) is 0 Å². The Balaban J connectivity index is 1.66. The molecule has 2 heterocycles. The minimum Gasteiger partial charge on any atom is -0.347 e. The van der Waals surface area contributed by atoms with Crippen molar-refractivity contribution in [2.45, 2.75) is 38.3 Å². The third-order valence-corrected chi connectivity index (χ3v) is 4.74. The van der Waals surface area contributed by atoms with Gasteiger partial charge < -0.3 is 10.3 Å². The number of carbonyl (C=O) groups is 1. The van der Waals surface area contributed by atoms with Crippen molar-refractivity contribution in [3.63, 3.8) is 0 Å². The average Bonchev–Trinajstić information content (AvgIpc) is 3.25. The van der Waals surface area contributed by atoms with Crippen LogP contribution in [0.25, 0.3) is 11.2 Å². The van der Waals surface area contributed by atoms with E-state index in [-0.39, 0.29) is 28.9 Å². The molecule has 1 aliphatic carbocycles. The van der Waals surface area contributed by atoms with Gasteiger partial charge >= 0.3 is 0 Å². The largest absolute Gasteiger partial charge is 0.347 e. The molecule has 26 heavy (non-hydrogen) atoms. The molecule has 0 aliphatic heterocycles. The lowest BCUT2D eigenvalue weighted by Crippen LogP contribution is -2.35. The van der Waals surface area contributed by atoms with Crippen LogP contribution in [-0.2, 0) is 6.54 Å². The smallest absolute Gasteiger partial charge is 0.287 e. The van der Waals surface area contributed by atoms with Gasteiger partial charge in [0.15, 0.2) is 11.2 Å². The van der Waals surface area contributed by atoms with Crippen LogP contribution >= 0.6 is 11.6 Å². The third kappa shape index (κ3) is 3.32. The number of halogens is 1. The van der Waals surface area contributed by atoms with Gasteiger partial charge in [-0.1, -0.05) is 41.8 Å². The van der Waals surface area contributed by atoms with E-state index in [0.29, 0.717) is 11.6 Å². The van der Waals surface area contributed by atoms with Gasteiger partial charge in [0.25, 0.3) is 11.5 Å². The number of nitrogens with one attached hydrogen (secondary N) is 2. The predicted molar refractivity (Wildman–Crippen MR) is 96.2 cm³/mol. The second kappa shape index (κ2) is 6.87. The molecule has 1 fully saturated rings. The first kappa shape index (κ1) is 16.7. The number of H-pyrrole nitrogens is 1. The minimum atomic E-state index is -0.482. The first-order valence-electron chi connectivity index (χ1n) is 8.49. The molecule has 0 radical (unpaired) electrons. The molecule has 9 heteroatoms. The van der Waals surface area contributed by atoms with E-state index in [9.17, 15) is 9.59 Å². The summed E-state index contributed by atoms with van der Waals surface area (Å²) in [6, 6.07) is 7.44. The Bertz CT molecular complexity index is 1020. The first-order valence-corrected chi connectivity index (χ1v) is 8.87. The molecular formula is C17H17ClN6O2. The van der Waals surface area contributed by atoms with Gasteiger partial charge in [-0.15, -0.1) is 5.10 Å². The van der Waals surface area contributed by atoms with Crippen molar-refractivity contribution in [3.8, 4) is 0 Å². The van der Waals surface area contributed by atoms with Crippen LogP contribution in [0.1, 0.15) is 41.9 Å². The Morgan fingerprint density at radius 3 is 2.92 bits per heavy atom. The lowest BCUT2D eigenvalue weighted by molar-refractivity contribution is 0.0927. The fraction of sp³-hybridized carbons (Fsp3) is 0.353. The molecule has 0 saturated heterocycles. The highest BCUT2D eigenvalue weighted by Crippen LogP contribution is 2.18.